The molecule has 0 N–H and O–H groups in total. The first-order chi connectivity index (χ1) is 28.3. The van der Waals surface area contributed by atoms with Gasteiger partial charge in [0, 0.05) is 43.7 Å². The fraction of sp³-hybridized carbons (Fsp3) is 0. The summed E-state index contributed by atoms with van der Waals surface area (Å²) in [4.78, 5) is 0. The Kier molecular flexibility index (Phi) is 6.93. The van der Waals surface area contributed by atoms with Crippen molar-refractivity contribution in [2.45, 2.75) is 0 Å². The molecule has 0 aliphatic rings. The minimum absolute atomic E-state index is 0.887. The molecule has 266 valence electrons. The number of hydrogen-bond donors (Lipinski definition) is 0. The number of fused-ring (bicyclic) bond motifs is 9. The second-order valence-corrected chi connectivity index (χ2v) is 14.9. The third-order valence-electron chi connectivity index (χ3n) is 11.7. The van der Waals surface area contributed by atoms with Crippen molar-refractivity contribution in [1.29, 1.82) is 0 Å². The lowest BCUT2D eigenvalue weighted by atomic mass is 9.96. The van der Waals surface area contributed by atoms with E-state index in [9.17, 15) is 0 Å². The number of furan rings is 1. The predicted molar refractivity (Wildman–Crippen MR) is 239 cm³/mol. The normalized spacial score (nSPS) is 11.9. The Morgan fingerprint density at radius 1 is 0.281 bits per heavy atom. The molecule has 0 bridgehead atoms. The summed E-state index contributed by atoms with van der Waals surface area (Å²) < 4.78 is 11.3. The van der Waals surface area contributed by atoms with Gasteiger partial charge in [-0.1, -0.05) is 140 Å². The molecule has 3 heterocycles. The minimum atomic E-state index is 0.887. The van der Waals surface area contributed by atoms with Gasteiger partial charge < -0.3 is 13.6 Å². The van der Waals surface area contributed by atoms with Crippen molar-refractivity contribution in [3.8, 4) is 44.8 Å². The molecule has 0 spiro atoms. The third kappa shape index (κ3) is 4.86. The predicted octanol–water partition coefficient (Wildman–Crippen LogP) is 14.8. The van der Waals surface area contributed by atoms with Gasteiger partial charge in [-0.3, -0.25) is 0 Å². The summed E-state index contributed by atoms with van der Waals surface area (Å²) in [6, 6.07) is 74.4. The molecule has 0 aliphatic carbocycles. The molecule has 12 rings (SSSR count). The molecular weight excluding hydrogens is 693 g/mol. The van der Waals surface area contributed by atoms with Gasteiger partial charge in [-0.25, -0.2) is 0 Å². The van der Waals surface area contributed by atoms with Crippen LogP contribution in [0.5, 0.6) is 0 Å². The molecule has 0 atom stereocenters. The Bertz CT molecular complexity index is 3510. The van der Waals surface area contributed by atoms with Gasteiger partial charge in [-0.2, -0.15) is 0 Å². The Labute approximate surface area is 328 Å². The summed E-state index contributed by atoms with van der Waals surface area (Å²) in [5.74, 6) is 0. The maximum atomic E-state index is 6.44. The molecule has 9 aromatic carbocycles. The summed E-state index contributed by atoms with van der Waals surface area (Å²) in [7, 11) is 0. The Hall–Kier alpha value is -7.62. The largest absolute Gasteiger partial charge is 0.456 e. The lowest BCUT2D eigenvalue weighted by Crippen LogP contribution is -1.96. The van der Waals surface area contributed by atoms with Crippen LogP contribution in [0.4, 0.5) is 0 Å². The van der Waals surface area contributed by atoms with E-state index in [4.69, 9.17) is 4.42 Å². The van der Waals surface area contributed by atoms with E-state index >= 15 is 0 Å². The van der Waals surface area contributed by atoms with Gasteiger partial charge in [0.25, 0.3) is 0 Å². The molecule has 0 radical (unpaired) electrons. The van der Waals surface area contributed by atoms with E-state index in [0.717, 1.165) is 38.8 Å². The number of aromatic nitrogens is 2. The fourth-order valence-electron chi connectivity index (χ4n) is 9.23. The van der Waals surface area contributed by atoms with Gasteiger partial charge in [0.2, 0.25) is 0 Å². The lowest BCUT2D eigenvalue weighted by Gasteiger charge is -2.11. The van der Waals surface area contributed by atoms with Crippen LogP contribution in [0.2, 0.25) is 0 Å². The van der Waals surface area contributed by atoms with Crippen LogP contribution in [0.1, 0.15) is 0 Å². The Morgan fingerprint density at radius 3 is 1.63 bits per heavy atom. The molecule has 3 nitrogen and oxygen atoms in total. The van der Waals surface area contributed by atoms with Gasteiger partial charge in [-0.05, 0) is 100 Å². The zero-order valence-electron chi connectivity index (χ0n) is 30.9. The molecule has 0 saturated heterocycles. The molecular formula is C54H34N2O. The summed E-state index contributed by atoms with van der Waals surface area (Å²) in [5.41, 5.74) is 16.0. The first-order valence-corrected chi connectivity index (χ1v) is 19.5. The summed E-state index contributed by atoms with van der Waals surface area (Å²) in [6.45, 7) is 0. The van der Waals surface area contributed by atoms with Gasteiger partial charge in [0.15, 0.2) is 0 Å². The maximum Gasteiger partial charge on any atom is 0.136 e. The van der Waals surface area contributed by atoms with Crippen LogP contribution in [0.15, 0.2) is 211 Å². The smallest absolute Gasteiger partial charge is 0.136 e. The second-order valence-electron chi connectivity index (χ2n) is 14.9. The van der Waals surface area contributed by atoms with Gasteiger partial charge in [-0.15, -0.1) is 0 Å². The molecule has 0 aliphatic heterocycles. The van der Waals surface area contributed by atoms with Crippen LogP contribution >= 0.6 is 0 Å². The number of rotatable bonds is 5. The van der Waals surface area contributed by atoms with Crippen molar-refractivity contribution >= 4 is 65.6 Å². The van der Waals surface area contributed by atoms with Crippen LogP contribution in [0.25, 0.3) is 110 Å². The highest BCUT2D eigenvalue weighted by Crippen LogP contribution is 2.42. The third-order valence-corrected chi connectivity index (χ3v) is 11.7. The molecule has 0 unspecified atom stereocenters. The average molecular weight is 727 g/mol. The van der Waals surface area contributed by atoms with Crippen LogP contribution < -0.4 is 0 Å². The molecule has 0 saturated carbocycles. The quantitative estimate of drug-likeness (QED) is 0.173. The van der Waals surface area contributed by atoms with E-state index in [2.05, 4.69) is 215 Å². The average Bonchev–Trinajstić information content (AvgIpc) is 3.94. The van der Waals surface area contributed by atoms with E-state index < -0.39 is 0 Å². The first kappa shape index (κ1) is 31.7. The zero-order chi connectivity index (χ0) is 37.5. The number of nitrogens with zero attached hydrogens (tertiary/aromatic N) is 2. The number of benzene rings is 9. The monoisotopic (exact) mass is 726 g/mol. The SMILES string of the molecule is c1ccc(-c2cccc(-c3cccc4c3c3ccccc3n4-c3ccc4c(c3)c3ccccc3n4-c3ccc4oc5cccc(-c6ccccc6)c5c4c3)c2)cc1. The van der Waals surface area contributed by atoms with Crippen LogP contribution in [-0.4, -0.2) is 9.13 Å². The van der Waals surface area contributed by atoms with E-state index in [1.165, 1.54) is 71.5 Å². The topological polar surface area (TPSA) is 23.0 Å². The number of hydrogen-bond acceptors (Lipinski definition) is 1. The second kappa shape index (κ2) is 12.5. The summed E-state index contributed by atoms with van der Waals surface area (Å²) in [6.07, 6.45) is 0. The molecule has 57 heavy (non-hydrogen) atoms. The van der Waals surface area contributed by atoms with Gasteiger partial charge in [0.1, 0.15) is 11.2 Å². The van der Waals surface area contributed by atoms with Crippen LogP contribution in [-0.2, 0) is 0 Å². The van der Waals surface area contributed by atoms with E-state index in [1.54, 1.807) is 0 Å². The summed E-state index contributed by atoms with van der Waals surface area (Å²) >= 11 is 0. The highest BCUT2D eigenvalue weighted by atomic mass is 16.3. The number of para-hydroxylation sites is 2. The van der Waals surface area contributed by atoms with Crippen molar-refractivity contribution in [2.75, 3.05) is 0 Å². The molecule has 3 aromatic heterocycles. The standard InChI is InChI=1S/C54H34N2O/c1-3-14-35(15-4-1)37-18-11-19-38(32-37)42-22-12-26-50-53(42)44-21-8-10-25-48(44)56(50)39-28-30-49-45(33-39)43-20-7-9-24-47(43)55(49)40-29-31-51-46(34-40)54-41(23-13-27-52(54)57-51)36-16-5-2-6-17-36/h1-34H. The van der Waals surface area contributed by atoms with Crippen LogP contribution in [0.3, 0.4) is 0 Å². The Balaban J connectivity index is 1.06. The fourth-order valence-corrected chi connectivity index (χ4v) is 9.23. The molecule has 0 amide bonds. The molecule has 12 aromatic rings. The van der Waals surface area contributed by atoms with Crippen molar-refractivity contribution in [2.24, 2.45) is 0 Å². The minimum Gasteiger partial charge on any atom is -0.456 e. The Morgan fingerprint density at radius 2 is 0.825 bits per heavy atom. The zero-order valence-corrected chi connectivity index (χ0v) is 30.9. The highest BCUT2D eigenvalue weighted by molar-refractivity contribution is 6.17. The van der Waals surface area contributed by atoms with E-state index in [1.807, 2.05) is 0 Å². The van der Waals surface area contributed by atoms with Crippen LogP contribution in [0, 0.1) is 0 Å². The van der Waals surface area contributed by atoms with E-state index in [0.29, 0.717) is 0 Å². The maximum absolute atomic E-state index is 6.44. The van der Waals surface area contributed by atoms with Crippen molar-refractivity contribution in [1.82, 2.24) is 9.13 Å². The lowest BCUT2D eigenvalue weighted by molar-refractivity contribution is 0.669. The van der Waals surface area contributed by atoms with Crippen molar-refractivity contribution in [3.05, 3.63) is 206 Å². The van der Waals surface area contributed by atoms with Gasteiger partial charge >= 0.3 is 0 Å². The summed E-state index contributed by atoms with van der Waals surface area (Å²) in [5, 5.41) is 7.18. The van der Waals surface area contributed by atoms with Crippen molar-refractivity contribution in [3.63, 3.8) is 0 Å². The van der Waals surface area contributed by atoms with Crippen molar-refractivity contribution < 1.29 is 4.42 Å². The highest BCUT2D eigenvalue weighted by Gasteiger charge is 2.20. The van der Waals surface area contributed by atoms with E-state index in [-0.39, 0.29) is 0 Å². The first-order valence-electron chi connectivity index (χ1n) is 19.5. The molecule has 0 fully saturated rings. The van der Waals surface area contributed by atoms with Gasteiger partial charge in [0.05, 0.1) is 22.1 Å². The molecule has 3 heteroatoms.